The zero-order valence-electron chi connectivity index (χ0n) is 7.89. The molecule has 1 atom stereocenters. The minimum atomic E-state index is -0.0753. The Bertz CT molecular complexity index is 136. The molecule has 1 rings (SSSR count). The molecule has 0 aromatic carbocycles. The summed E-state index contributed by atoms with van der Waals surface area (Å²) < 4.78 is 11.2. The topological polar surface area (TPSA) is 18.5 Å². The van der Waals surface area contributed by atoms with Gasteiger partial charge in [0.25, 0.3) is 0 Å². The smallest absolute Gasteiger partial charge is 0.408 e. The van der Waals surface area contributed by atoms with Crippen LogP contribution >= 0.6 is 0 Å². The fourth-order valence-corrected chi connectivity index (χ4v) is 1.14. The summed E-state index contributed by atoms with van der Waals surface area (Å²) in [6.07, 6.45) is 1.11. The molecule has 64 valence electrons. The maximum absolute atomic E-state index is 5.68. The highest BCUT2D eigenvalue weighted by Crippen LogP contribution is 2.27. The van der Waals surface area contributed by atoms with Crippen LogP contribution in [0.5, 0.6) is 0 Å². The van der Waals surface area contributed by atoms with Crippen molar-refractivity contribution >= 4 is 7.12 Å². The van der Waals surface area contributed by atoms with Crippen LogP contribution in [0.15, 0.2) is 0 Å². The lowest BCUT2D eigenvalue weighted by Gasteiger charge is -2.17. The quantitative estimate of drug-likeness (QED) is 0.570. The number of hydrogen-bond donors (Lipinski definition) is 0. The van der Waals surface area contributed by atoms with E-state index in [1.807, 2.05) is 0 Å². The van der Waals surface area contributed by atoms with E-state index >= 15 is 0 Å². The molecule has 0 aromatic heterocycles. The monoisotopic (exact) mass is 156 g/mol. The average molecular weight is 156 g/mol. The van der Waals surface area contributed by atoms with Crippen molar-refractivity contribution in [2.75, 3.05) is 6.61 Å². The van der Waals surface area contributed by atoms with E-state index in [1.165, 1.54) is 0 Å². The van der Waals surface area contributed by atoms with Crippen molar-refractivity contribution in [3.05, 3.63) is 0 Å². The SMILES string of the molecule is CCC(C)B1OCC(C)(C)O1. The van der Waals surface area contributed by atoms with Gasteiger partial charge in [-0.25, -0.2) is 0 Å². The van der Waals surface area contributed by atoms with Crippen LogP contribution in [0.2, 0.25) is 5.82 Å². The normalized spacial score (nSPS) is 25.6. The summed E-state index contributed by atoms with van der Waals surface area (Å²) in [5.41, 5.74) is -0.0753. The fraction of sp³-hybridized carbons (Fsp3) is 1.00. The van der Waals surface area contributed by atoms with Crippen LogP contribution < -0.4 is 0 Å². The Kier molecular flexibility index (Phi) is 2.60. The summed E-state index contributed by atoms with van der Waals surface area (Å²) in [4.78, 5) is 0. The van der Waals surface area contributed by atoms with E-state index in [0.717, 1.165) is 13.0 Å². The van der Waals surface area contributed by atoms with Crippen LogP contribution in [0.4, 0.5) is 0 Å². The zero-order valence-corrected chi connectivity index (χ0v) is 7.89. The predicted molar refractivity (Wildman–Crippen MR) is 46.6 cm³/mol. The third-order valence-electron chi connectivity index (χ3n) is 2.14. The first-order valence-corrected chi connectivity index (χ1v) is 4.34. The van der Waals surface area contributed by atoms with Crippen molar-refractivity contribution in [2.24, 2.45) is 0 Å². The molecule has 0 spiro atoms. The van der Waals surface area contributed by atoms with Gasteiger partial charge in [-0.15, -0.1) is 0 Å². The van der Waals surface area contributed by atoms with Crippen molar-refractivity contribution in [1.82, 2.24) is 0 Å². The molecule has 0 aliphatic carbocycles. The summed E-state index contributed by atoms with van der Waals surface area (Å²) in [6.45, 7) is 9.17. The van der Waals surface area contributed by atoms with Crippen LogP contribution in [0.3, 0.4) is 0 Å². The molecule has 1 fully saturated rings. The largest absolute Gasteiger partial charge is 0.460 e. The average Bonchev–Trinajstić information content (AvgIpc) is 2.29. The van der Waals surface area contributed by atoms with Crippen LogP contribution in [0.1, 0.15) is 34.1 Å². The maximum Gasteiger partial charge on any atom is 0.460 e. The standard InChI is InChI=1S/C8H17BO2/c1-5-7(2)9-10-6-8(3,4)11-9/h7H,5-6H2,1-4H3. The predicted octanol–water partition coefficient (Wildman–Crippen LogP) is 2.10. The first kappa shape index (κ1) is 9.08. The summed E-state index contributed by atoms with van der Waals surface area (Å²) in [6, 6.07) is 0. The van der Waals surface area contributed by atoms with E-state index in [4.69, 9.17) is 9.31 Å². The molecule has 1 aliphatic heterocycles. The van der Waals surface area contributed by atoms with Gasteiger partial charge in [-0.2, -0.15) is 0 Å². The Balaban J connectivity index is 2.41. The van der Waals surface area contributed by atoms with Crippen LogP contribution in [-0.2, 0) is 9.31 Å². The second kappa shape index (κ2) is 3.15. The number of hydrogen-bond acceptors (Lipinski definition) is 2. The molecule has 0 saturated carbocycles. The van der Waals surface area contributed by atoms with Crippen molar-refractivity contribution < 1.29 is 9.31 Å². The van der Waals surface area contributed by atoms with Gasteiger partial charge in [0.05, 0.1) is 12.2 Å². The molecule has 0 bridgehead atoms. The van der Waals surface area contributed by atoms with Gasteiger partial charge >= 0.3 is 7.12 Å². The third-order valence-corrected chi connectivity index (χ3v) is 2.14. The van der Waals surface area contributed by atoms with Crippen LogP contribution in [0, 0.1) is 0 Å². The lowest BCUT2D eigenvalue weighted by molar-refractivity contribution is 0.134. The van der Waals surface area contributed by atoms with Crippen LogP contribution in [-0.4, -0.2) is 19.3 Å². The Morgan fingerprint density at radius 3 is 2.55 bits per heavy atom. The van der Waals surface area contributed by atoms with Crippen molar-refractivity contribution in [3.63, 3.8) is 0 Å². The molecule has 0 N–H and O–H groups in total. The molecule has 3 heteroatoms. The van der Waals surface area contributed by atoms with Gasteiger partial charge in [0.2, 0.25) is 0 Å². The van der Waals surface area contributed by atoms with E-state index in [-0.39, 0.29) is 12.7 Å². The minimum Gasteiger partial charge on any atom is -0.408 e. The van der Waals surface area contributed by atoms with Crippen molar-refractivity contribution in [2.45, 2.75) is 45.5 Å². The summed E-state index contributed by atoms with van der Waals surface area (Å²) >= 11 is 0. The molecule has 0 radical (unpaired) electrons. The van der Waals surface area contributed by atoms with Gasteiger partial charge in [0, 0.05) is 0 Å². The van der Waals surface area contributed by atoms with Gasteiger partial charge < -0.3 is 9.31 Å². The van der Waals surface area contributed by atoms with Crippen LogP contribution in [0.25, 0.3) is 0 Å². The Morgan fingerprint density at radius 2 is 2.18 bits per heavy atom. The molecular formula is C8H17BO2. The highest BCUT2D eigenvalue weighted by Gasteiger charge is 2.39. The van der Waals surface area contributed by atoms with Crippen molar-refractivity contribution in [1.29, 1.82) is 0 Å². The Labute approximate surface area is 69.4 Å². The van der Waals surface area contributed by atoms with Gasteiger partial charge in [-0.05, 0) is 19.7 Å². The molecule has 2 nitrogen and oxygen atoms in total. The van der Waals surface area contributed by atoms with Gasteiger partial charge in [0.15, 0.2) is 0 Å². The molecular weight excluding hydrogens is 139 g/mol. The summed E-state index contributed by atoms with van der Waals surface area (Å²) in [7, 11) is 0.0231. The molecule has 1 unspecified atom stereocenters. The second-order valence-corrected chi connectivity index (χ2v) is 3.94. The van der Waals surface area contributed by atoms with E-state index in [2.05, 4.69) is 27.7 Å². The molecule has 1 heterocycles. The Hall–Kier alpha value is -0.0151. The third kappa shape index (κ3) is 2.21. The van der Waals surface area contributed by atoms with Gasteiger partial charge in [-0.3, -0.25) is 0 Å². The van der Waals surface area contributed by atoms with Gasteiger partial charge in [-0.1, -0.05) is 20.3 Å². The molecule has 0 aromatic rings. The summed E-state index contributed by atoms with van der Waals surface area (Å²) in [5.74, 6) is 0.511. The van der Waals surface area contributed by atoms with E-state index in [9.17, 15) is 0 Å². The van der Waals surface area contributed by atoms with Crippen molar-refractivity contribution in [3.8, 4) is 0 Å². The lowest BCUT2D eigenvalue weighted by atomic mass is 9.72. The highest BCUT2D eigenvalue weighted by molar-refractivity contribution is 6.47. The Morgan fingerprint density at radius 1 is 1.55 bits per heavy atom. The molecule has 0 amide bonds. The first-order chi connectivity index (χ1) is 5.05. The minimum absolute atomic E-state index is 0.0231. The zero-order chi connectivity index (χ0) is 8.48. The maximum atomic E-state index is 5.68. The lowest BCUT2D eigenvalue weighted by Crippen LogP contribution is -2.26. The fourth-order valence-electron chi connectivity index (χ4n) is 1.14. The van der Waals surface area contributed by atoms with E-state index in [0.29, 0.717) is 5.82 Å². The first-order valence-electron chi connectivity index (χ1n) is 4.34. The van der Waals surface area contributed by atoms with E-state index in [1.54, 1.807) is 0 Å². The van der Waals surface area contributed by atoms with Gasteiger partial charge in [0.1, 0.15) is 0 Å². The second-order valence-electron chi connectivity index (χ2n) is 3.94. The number of rotatable bonds is 2. The molecule has 1 saturated heterocycles. The summed E-state index contributed by atoms with van der Waals surface area (Å²) in [5, 5.41) is 0. The highest BCUT2D eigenvalue weighted by atomic mass is 16.7. The van der Waals surface area contributed by atoms with E-state index < -0.39 is 0 Å². The molecule has 11 heavy (non-hydrogen) atoms. The molecule has 1 aliphatic rings.